The molecule has 1 radical (unpaired) electrons. The van der Waals surface area contributed by atoms with Crippen molar-refractivity contribution in [1.29, 1.82) is 0 Å². The van der Waals surface area contributed by atoms with Crippen molar-refractivity contribution in [3.63, 3.8) is 0 Å². The van der Waals surface area contributed by atoms with Crippen molar-refractivity contribution in [2.45, 2.75) is 58.3 Å². The second-order valence-electron chi connectivity index (χ2n) is 4.44. The van der Waals surface area contributed by atoms with Crippen LogP contribution in [0.15, 0.2) is 48.6 Å². The molecule has 0 atom stereocenters. The van der Waals surface area contributed by atoms with E-state index >= 15 is 0 Å². The normalized spacial score (nSPS) is 12.8. The van der Waals surface area contributed by atoms with Crippen LogP contribution < -0.4 is 0 Å². The Labute approximate surface area is 114 Å². The average molecular weight is 245 g/mol. The zero-order chi connectivity index (χ0) is 13.3. The first-order valence-corrected chi connectivity index (χ1v) is 7.36. The molecule has 0 saturated carbocycles. The molecule has 101 valence electrons. The molecule has 0 bridgehead atoms. The Morgan fingerprint density at radius 1 is 0.667 bits per heavy atom. The van der Waals surface area contributed by atoms with Gasteiger partial charge < -0.3 is 0 Å². The number of rotatable bonds is 11. The van der Waals surface area contributed by atoms with Crippen LogP contribution in [-0.2, 0) is 0 Å². The molecule has 0 aliphatic carbocycles. The van der Waals surface area contributed by atoms with Crippen LogP contribution in [-0.4, -0.2) is 0 Å². The number of hydrogen-bond acceptors (Lipinski definition) is 0. The van der Waals surface area contributed by atoms with Crippen molar-refractivity contribution in [2.75, 3.05) is 0 Å². The molecule has 0 rings (SSSR count). The van der Waals surface area contributed by atoms with Gasteiger partial charge in [0.15, 0.2) is 0 Å². The Balaban J connectivity index is 3.34. The Kier molecular flexibility index (Phi) is 15.0. The van der Waals surface area contributed by atoms with Gasteiger partial charge in [0.1, 0.15) is 0 Å². The summed E-state index contributed by atoms with van der Waals surface area (Å²) >= 11 is 0. The van der Waals surface area contributed by atoms with Gasteiger partial charge >= 0.3 is 0 Å². The van der Waals surface area contributed by atoms with Crippen LogP contribution in [0, 0.1) is 6.92 Å². The molecule has 0 amide bonds. The fourth-order valence-electron chi connectivity index (χ4n) is 1.62. The van der Waals surface area contributed by atoms with Gasteiger partial charge in [0.05, 0.1) is 0 Å². The van der Waals surface area contributed by atoms with Gasteiger partial charge in [-0.25, -0.2) is 0 Å². The summed E-state index contributed by atoms with van der Waals surface area (Å²) in [6.45, 7) is 6.00. The highest BCUT2D eigenvalue weighted by Gasteiger charge is 1.87. The molecule has 0 unspecified atom stereocenters. The summed E-state index contributed by atoms with van der Waals surface area (Å²) in [5.41, 5.74) is 0. The SMILES string of the molecule is [CH2]CCCCCCCC=CC=CC=CC=CCC. The van der Waals surface area contributed by atoms with Crippen LogP contribution in [0.3, 0.4) is 0 Å². The maximum Gasteiger partial charge on any atom is -0.0348 e. The topological polar surface area (TPSA) is 0 Å². The van der Waals surface area contributed by atoms with Gasteiger partial charge in [0, 0.05) is 0 Å². The molecule has 0 aliphatic heterocycles. The standard InChI is InChI=1S/C18H29/c1-3-5-7-9-11-13-15-17-18-16-14-12-10-8-6-4-2/h6,8,10,12,14,16-18H,1,3-5,7,9,11,13,15H2,2H3. The molecule has 0 N–H and O–H groups in total. The van der Waals surface area contributed by atoms with E-state index in [1.54, 1.807) is 0 Å². The number of allylic oxidation sites excluding steroid dienone is 8. The second kappa shape index (κ2) is 16.0. The minimum absolute atomic E-state index is 1.09. The lowest BCUT2D eigenvalue weighted by Crippen LogP contribution is -1.77. The first-order valence-electron chi connectivity index (χ1n) is 7.36. The van der Waals surface area contributed by atoms with Gasteiger partial charge in [-0.2, -0.15) is 0 Å². The van der Waals surface area contributed by atoms with Crippen molar-refractivity contribution in [1.82, 2.24) is 0 Å². The van der Waals surface area contributed by atoms with E-state index < -0.39 is 0 Å². The van der Waals surface area contributed by atoms with Crippen LogP contribution in [0.4, 0.5) is 0 Å². The highest BCUT2D eigenvalue weighted by Crippen LogP contribution is 2.06. The zero-order valence-electron chi connectivity index (χ0n) is 12.0. The monoisotopic (exact) mass is 245 g/mol. The van der Waals surface area contributed by atoms with E-state index in [1.807, 2.05) is 0 Å². The van der Waals surface area contributed by atoms with Gasteiger partial charge in [0.2, 0.25) is 0 Å². The summed E-state index contributed by atoms with van der Waals surface area (Å²) in [4.78, 5) is 0. The molecule has 0 heterocycles. The third kappa shape index (κ3) is 15.0. The van der Waals surface area contributed by atoms with Crippen LogP contribution >= 0.6 is 0 Å². The molecule has 0 aliphatic rings. The van der Waals surface area contributed by atoms with Crippen LogP contribution in [0.5, 0.6) is 0 Å². The Morgan fingerprint density at radius 2 is 1.22 bits per heavy atom. The predicted molar refractivity (Wildman–Crippen MR) is 84.5 cm³/mol. The van der Waals surface area contributed by atoms with Crippen LogP contribution in [0.2, 0.25) is 0 Å². The van der Waals surface area contributed by atoms with E-state index in [1.165, 1.54) is 38.5 Å². The smallest absolute Gasteiger partial charge is 0.0348 e. The molecule has 0 nitrogen and oxygen atoms in total. The quantitative estimate of drug-likeness (QED) is 0.301. The van der Waals surface area contributed by atoms with Gasteiger partial charge in [-0.05, 0) is 19.3 Å². The van der Waals surface area contributed by atoms with E-state index in [2.05, 4.69) is 62.5 Å². The summed E-state index contributed by atoms with van der Waals surface area (Å²) in [6.07, 6.45) is 27.0. The number of hydrogen-bond donors (Lipinski definition) is 0. The maximum atomic E-state index is 3.86. The molecule has 0 aromatic rings. The van der Waals surface area contributed by atoms with E-state index in [-0.39, 0.29) is 0 Å². The minimum atomic E-state index is 1.09. The maximum absolute atomic E-state index is 3.86. The highest BCUT2D eigenvalue weighted by molar-refractivity contribution is 5.15. The first-order chi connectivity index (χ1) is 8.91. The Hall–Kier alpha value is -1.04. The molecule has 0 heteroatoms. The number of unbranched alkanes of at least 4 members (excludes halogenated alkanes) is 6. The third-order valence-corrected chi connectivity index (χ3v) is 2.68. The molecule has 0 spiro atoms. The lowest BCUT2D eigenvalue weighted by Gasteiger charge is -1.96. The van der Waals surface area contributed by atoms with E-state index in [9.17, 15) is 0 Å². The summed E-state index contributed by atoms with van der Waals surface area (Å²) < 4.78 is 0. The largest absolute Gasteiger partial charge is 0.0848 e. The molecule has 0 saturated heterocycles. The van der Waals surface area contributed by atoms with Crippen molar-refractivity contribution < 1.29 is 0 Å². The van der Waals surface area contributed by atoms with Crippen LogP contribution in [0.25, 0.3) is 0 Å². The summed E-state index contributed by atoms with van der Waals surface area (Å²) in [5, 5.41) is 0. The second-order valence-corrected chi connectivity index (χ2v) is 4.44. The molecule has 0 fully saturated rings. The zero-order valence-corrected chi connectivity index (χ0v) is 12.0. The van der Waals surface area contributed by atoms with Crippen molar-refractivity contribution in [3.8, 4) is 0 Å². The van der Waals surface area contributed by atoms with E-state index in [0.717, 1.165) is 12.8 Å². The van der Waals surface area contributed by atoms with Gasteiger partial charge in [-0.3, -0.25) is 0 Å². The average Bonchev–Trinajstić information content (AvgIpc) is 2.39. The van der Waals surface area contributed by atoms with Crippen molar-refractivity contribution in [2.24, 2.45) is 0 Å². The summed E-state index contributed by atoms with van der Waals surface area (Å²) in [6, 6.07) is 0. The first kappa shape index (κ1) is 17.0. The molecule has 18 heavy (non-hydrogen) atoms. The molecular formula is C18H29. The summed E-state index contributed by atoms with van der Waals surface area (Å²) in [7, 11) is 0. The van der Waals surface area contributed by atoms with Gasteiger partial charge in [-0.15, -0.1) is 0 Å². The highest BCUT2D eigenvalue weighted by atomic mass is 13.9. The predicted octanol–water partition coefficient (Wildman–Crippen LogP) is 6.19. The third-order valence-electron chi connectivity index (χ3n) is 2.68. The Bertz CT molecular complexity index is 253. The molecular weight excluding hydrogens is 216 g/mol. The van der Waals surface area contributed by atoms with Gasteiger partial charge in [0.25, 0.3) is 0 Å². The lowest BCUT2D eigenvalue weighted by atomic mass is 10.1. The molecule has 0 aromatic heterocycles. The van der Waals surface area contributed by atoms with Crippen LogP contribution in [0.1, 0.15) is 58.3 Å². The van der Waals surface area contributed by atoms with Crippen molar-refractivity contribution in [3.05, 3.63) is 55.5 Å². The minimum Gasteiger partial charge on any atom is -0.0848 e. The fourth-order valence-corrected chi connectivity index (χ4v) is 1.62. The van der Waals surface area contributed by atoms with Crippen molar-refractivity contribution >= 4 is 0 Å². The van der Waals surface area contributed by atoms with Gasteiger partial charge in [-0.1, -0.05) is 94.6 Å². The van der Waals surface area contributed by atoms with E-state index in [0.29, 0.717) is 0 Å². The van der Waals surface area contributed by atoms with E-state index in [4.69, 9.17) is 0 Å². The lowest BCUT2D eigenvalue weighted by molar-refractivity contribution is 0.621. The summed E-state index contributed by atoms with van der Waals surface area (Å²) in [5.74, 6) is 0. The molecule has 0 aromatic carbocycles. The Morgan fingerprint density at radius 3 is 1.89 bits per heavy atom. The fraction of sp³-hybridized carbons (Fsp3) is 0.500.